The van der Waals surface area contributed by atoms with E-state index in [1.807, 2.05) is 78.5 Å². The topological polar surface area (TPSA) is 137 Å². The molecular weight excluding hydrogens is 629 g/mol. The summed E-state index contributed by atoms with van der Waals surface area (Å²) >= 11 is 0. The van der Waals surface area contributed by atoms with Crippen LogP contribution >= 0.6 is 0 Å². The van der Waals surface area contributed by atoms with Gasteiger partial charge < -0.3 is 20.6 Å². The van der Waals surface area contributed by atoms with Crippen molar-refractivity contribution in [2.45, 2.75) is 57.5 Å². The van der Waals surface area contributed by atoms with E-state index in [9.17, 15) is 23.1 Å². The van der Waals surface area contributed by atoms with Crippen molar-refractivity contribution in [2.24, 2.45) is 0 Å². The first-order valence-corrected chi connectivity index (χ1v) is 18.1. The minimum absolute atomic E-state index is 0.118. The Morgan fingerprint density at radius 1 is 1.02 bits per heavy atom. The summed E-state index contributed by atoms with van der Waals surface area (Å²) in [7, 11) is -2.31. The number of benzene rings is 3. The summed E-state index contributed by atoms with van der Waals surface area (Å²) in [5.41, 5.74) is 3.45. The maximum Gasteiger partial charge on any atom is 0.254 e. The second-order valence-corrected chi connectivity index (χ2v) is 14.3. The Morgan fingerprint density at radius 3 is 2.38 bits per heavy atom. The number of likely N-dealkylation sites (tertiary alicyclic amines) is 1. The predicted octanol–water partition coefficient (Wildman–Crippen LogP) is 3.77. The van der Waals surface area contributed by atoms with Crippen molar-refractivity contribution in [1.82, 2.24) is 25.3 Å². The van der Waals surface area contributed by atoms with Gasteiger partial charge in [-0.25, -0.2) is 8.42 Å². The van der Waals surface area contributed by atoms with E-state index in [0.717, 1.165) is 46.6 Å². The highest BCUT2D eigenvalue weighted by atomic mass is 32.2. The number of nitrogens with one attached hydrogen (secondary N) is 2. The van der Waals surface area contributed by atoms with Gasteiger partial charge in [0.1, 0.15) is 0 Å². The van der Waals surface area contributed by atoms with E-state index in [1.54, 1.807) is 11.1 Å². The molecule has 1 fully saturated rings. The van der Waals surface area contributed by atoms with Gasteiger partial charge in [-0.15, -0.1) is 0 Å². The molecule has 48 heavy (non-hydrogen) atoms. The van der Waals surface area contributed by atoms with Gasteiger partial charge in [0.2, 0.25) is 10.0 Å². The van der Waals surface area contributed by atoms with E-state index >= 15 is 0 Å². The third-order valence-corrected chi connectivity index (χ3v) is 9.96. The zero-order chi connectivity index (χ0) is 34.3. The molecule has 254 valence electrons. The van der Waals surface area contributed by atoms with Crippen LogP contribution in [-0.4, -0.2) is 78.6 Å². The number of hydrogen-bond acceptors (Lipinski definition) is 7. The van der Waals surface area contributed by atoms with Crippen molar-refractivity contribution in [2.75, 3.05) is 30.7 Å². The Morgan fingerprint density at radius 2 is 1.71 bits per heavy atom. The van der Waals surface area contributed by atoms with Crippen LogP contribution in [0.25, 0.3) is 0 Å². The lowest BCUT2D eigenvalue weighted by Gasteiger charge is -2.27. The number of carbonyl (C=O) groups excluding carboxylic acids is 2. The van der Waals surface area contributed by atoms with Crippen LogP contribution in [0.15, 0.2) is 91.3 Å². The van der Waals surface area contributed by atoms with Crippen LogP contribution in [-0.2, 0) is 29.5 Å². The number of anilines is 1. The van der Waals surface area contributed by atoms with Crippen LogP contribution in [0.2, 0.25) is 0 Å². The van der Waals surface area contributed by atoms with Crippen molar-refractivity contribution in [1.29, 1.82) is 0 Å². The molecule has 1 unspecified atom stereocenters. The summed E-state index contributed by atoms with van der Waals surface area (Å²) in [5.74, 6) is -0.811. The Balaban J connectivity index is 1.40. The Hall–Kier alpha value is -4.52. The highest BCUT2D eigenvalue weighted by Crippen LogP contribution is 2.34. The molecule has 0 spiro atoms. The molecule has 0 saturated carbocycles. The Bertz CT molecular complexity index is 1800. The van der Waals surface area contributed by atoms with Gasteiger partial charge >= 0.3 is 0 Å². The molecule has 0 radical (unpaired) electrons. The third kappa shape index (κ3) is 8.68. The molecule has 5 rings (SSSR count). The summed E-state index contributed by atoms with van der Waals surface area (Å²) in [5, 5.41) is 21.8. The molecule has 1 aromatic heterocycles. The van der Waals surface area contributed by atoms with Crippen molar-refractivity contribution in [3.63, 3.8) is 0 Å². The fraction of sp³-hybridized carbons (Fsp3) is 0.361. The quantitative estimate of drug-likeness (QED) is 0.186. The van der Waals surface area contributed by atoms with Crippen LogP contribution in [0.1, 0.15) is 63.2 Å². The molecule has 0 aliphatic carbocycles. The van der Waals surface area contributed by atoms with Crippen LogP contribution in [0.4, 0.5) is 5.69 Å². The van der Waals surface area contributed by atoms with Gasteiger partial charge in [0, 0.05) is 56.1 Å². The summed E-state index contributed by atoms with van der Waals surface area (Å²) in [4.78, 5) is 29.8. The van der Waals surface area contributed by atoms with Gasteiger partial charge in [-0.3, -0.25) is 18.6 Å². The van der Waals surface area contributed by atoms with Crippen LogP contribution < -0.4 is 14.9 Å². The molecule has 3 atom stereocenters. The molecule has 1 aliphatic rings. The van der Waals surface area contributed by atoms with Gasteiger partial charge in [-0.1, -0.05) is 60.7 Å². The number of carbonyl (C=O) groups is 2. The highest BCUT2D eigenvalue weighted by Gasteiger charge is 2.32. The second kappa shape index (κ2) is 15.6. The number of sulfonamides is 1. The lowest BCUT2D eigenvalue weighted by atomic mass is 9.99. The largest absolute Gasteiger partial charge is 0.390 e. The van der Waals surface area contributed by atoms with Crippen molar-refractivity contribution >= 4 is 27.5 Å². The van der Waals surface area contributed by atoms with Gasteiger partial charge in [0.05, 0.1) is 36.3 Å². The minimum Gasteiger partial charge on any atom is -0.390 e. The number of aryl methyl sites for hydroxylation is 1. The lowest BCUT2D eigenvalue weighted by Crippen LogP contribution is -2.48. The first-order chi connectivity index (χ1) is 23.0. The summed E-state index contributed by atoms with van der Waals surface area (Å²) in [6.45, 7) is 4.00. The van der Waals surface area contributed by atoms with Gasteiger partial charge in [0.15, 0.2) is 0 Å². The van der Waals surface area contributed by atoms with Gasteiger partial charge in [-0.2, -0.15) is 5.10 Å². The number of hydrogen-bond donors (Lipinski definition) is 3. The number of aliphatic hydroxyl groups excluding tert-OH is 1. The molecule has 2 amide bonds. The normalized spacial score (nSPS) is 16.0. The fourth-order valence-corrected chi connectivity index (χ4v) is 6.51. The molecule has 3 aromatic carbocycles. The van der Waals surface area contributed by atoms with E-state index in [2.05, 4.69) is 15.7 Å². The zero-order valence-electron chi connectivity index (χ0n) is 27.6. The Labute approximate surface area is 282 Å². The smallest absolute Gasteiger partial charge is 0.254 e. The molecule has 2 heterocycles. The molecule has 12 heteroatoms. The standard InChI is InChI=1S/C36H44N6O5S/c1-4-41-25-27(23-38-41)22-37-24-34(43)32(18-26-12-7-5-8-13-26)39-35(44)29-19-30(21-31(20-29)40(2)48(3,46)47)36(45)42-17-11-16-33(42)28-14-9-6-10-15-28/h5-10,12-15,19-21,23,25,32-34,37,43H,4,11,16-18,22,24H2,1-3H3,(H,39,44)/t32-,33?,34-/m0/s1. The lowest BCUT2D eigenvalue weighted by molar-refractivity contribution is 0.0735. The van der Waals surface area contributed by atoms with E-state index in [4.69, 9.17) is 0 Å². The van der Waals surface area contributed by atoms with Gasteiger partial charge in [0.25, 0.3) is 11.8 Å². The van der Waals surface area contributed by atoms with E-state index in [1.165, 1.54) is 25.2 Å². The molecule has 3 N–H and O–H groups in total. The summed E-state index contributed by atoms with van der Waals surface area (Å²) < 4.78 is 28.0. The minimum atomic E-state index is -3.70. The molecule has 11 nitrogen and oxygen atoms in total. The van der Waals surface area contributed by atoms with E-state index in [-0.39, 0.29) is 35.3 Å². The number of rotatable bonds is 14. The van der Waals surface area contributed by atoms with Gasteiger partial charge in [-0.05, 0) is 55.5 Å². The first-order valence-electron chi connectivity index (χ1n) is 16.2. The SMILES string of the molecule is CCn1cc(CNC[C@H](O)[C@H](Cc2ccccc2)NC(=O)c2cc(C(=O)N3CCCC3c3ccccc3)cc(N(C)S(C)(=O)=O)c2)cn1. The maximum absolute atomic E-state index is 14.0. The highest BCUT2D eigenvalue weighted by molar-refractivity contribution is 7.92. The van der Waals surface area contributed by atoms with E-state index < -0.39 is 28.1 Å². The predicted molar refractivity (Wildman–Crippen MR) is 186 cm³/mol. The third-order valence-electron chi connectivity index (χ3n) is 8.76. The average Bonchev–Trinajstić information content (AvgIpc) is 3.78. The summed E-state index contributed by atoms with van der Waals surface area (Å²) in [6, 6.07) is 23.0. The average molecular weight is 673 g/mol. The second-order valence-electron chi connectivity index (χ2n) is 12.2. The van der Waals surface area contributed by atoms with Crippen LogP contribution in [0.3, 0.4) is 0 Å². The van der Waals surface area contributed by atoms with Crippen LogP contribution in [0, 0.1) is 0 Å². The molecule has 0 bridgehead atoms. The van der Waals surface area contributed by atoms with Crippen molar-refractivity contribution in [3.8, 4) is 0 Å². The number of aliphatic hydroxyl groups is 1. The molecule has 1 saturated heterocycles. The van der Waals surface area contributed by atoms with E-state index in [0.29, 0.717) is 19.5 Å². The number of nitrogens with zero attached hydrogens (tertiary/aromatic N) is 4. The zero-order valence-corrected chi connectivity index (χ0v) is 28.4. The Kier molecular flexibility index (Phi) is 11.3. The molecular formula is C36H44N6O5S. The van der Waals surface area contributed by atoms with Crippen molar-refractivity contribution in [3.05, 3.63) is 119 Å². The molecule has 4 aromatic rings. The van der Waals surface area contributed by atoms with Crippen molar-refractivity contribution < 1.29 is 23.1 Å². The maximum atomic E-state index is 14.0. The monoisotopic (exact) mass is 672 g/mol. The fourth-order valence-electron chi connectivity index (χ4n) is 6.02. The molecule has 1 aliphatic heterocycles. The van der Waals surface area contributed by atoms with Crippen LogP contribution in [0.5, 0.6) is 0 Å². The first kappa shape index (κ1) is 34.8. The summed E-state index contributed by atoms with van der Waals surface area (Å²) in [6.07, 6.45) is 5.80. The number of aromatic nitrogens is 2. The number of amides is 2.